The topological polar surface area (TPSA) is 30.7 Å². The zero-order valence-electron chi connectivity index (χ0n) is 10.5. The normalized spacial score (nSPS) is 11.6. The Kier molecular flexibility index (Phi) is 2.95. The van der Waals surface area contributed by atoms with Gasteiger partial charge < -0.3 is 4.57 Å². The molecule has 0 fully saturated rings. The fraction of sp³-hybridized carbons (Fsp3) is 0.538. The molecule has 0 saturated heterocycles. The first-order valence-electron chi connectivity index (χ1n) is 5.98. The van der Waals surface area contributed by atoms with Crippen molar-refractivity contribution in [3.8, 4) is 0 Å². The van der Waals surface area contributed by atoms with Gasteiger partial charge in [0, 0.05) is 18.4 Å². The lowest BCUT2D eigenvalue weighted by molar-refractivity contribution is 0.482. The van der Waals surface area contributed by atoms with Crippen molar-refractivity contribution in [2.24, 2.45) is 0 Å². The fourth-order valence-electron chi connectivity index (χ4n) is 2.21. The molecule has 0 saturated carbocycles. The molecule has 0 aliphatic carbocycles. The van der Waals surface area contributed by atoms with Gasteiger partial charge in [-0.1, -0.05) is 13.8 Å². The number of fused-ring (bicyclic) bond motifs is 1. The highest BCUT2D eigenvalue weighted by atomic mass is 15.1. The molecule has 3 heteroatoms. The molecule has 0 N–H and O–H groups in total. The molecule has 0 aliphatic heterocycles. The van der Waals surface area contributed by atoms with Gasteiger partial charge in [-0.2, -0.15) is 0 Å². The molecule has 2 aromatic rings. The largest absolute Gasteiger partial charge is 0.328 e. The van der Waals surface area contributed by atoms with Crippen LogP contribution in [0.2, 0.25) is 0 Å². The Morgan fingerprint density at radius 1 is 1.25 bits per heavy atom. The van der Waals surface area contributed by atoms with E-state index in [4.69, 9.17) is 0 Å². The van der Waals surface area contributed by atoms with Crippen molar-refractivity contribution < 1.29 is 0 Å². The highest BCUT2D eigenvalue weighted by Crippen LogP contribution is 2.24. The van der Waals surface area contributed by atoms with E-state index in [1.54, 1.807) is 0 Å². The summed E-state index contributed by atoms with van der Waals surface area (Å²) in [6, 6.07) is 0.535. The van der Waals surface area contributed by atoms with Crippen LogP contribution in [0.4, 0.5) is 0 Å². The Labute approximate surface area is 96.5 Å². The van der Waals surface area contributed by atoms with Crippen LogP contribution in [0.1, 0.15) is 44.0 Å². The quantitative estimate of drug-likeness (QED) is 0.788. The number of hydrogen-bond acceptors (Lipinski definition) is 2. The van der Waals surface area contributed by atoms with Crippen molar-refractivity contribution in [2.45, 2.75) is 46.6 Å². The highest BCUT2D eigenvalue weighted by molar-refractivity contribution is 5.75. The zero-order chi connectivity index (χ0) is 11.7. The van der Waals surface area contributed by atoms with Crippen molar-refractivity contribution in [3.05, 3.63) is 23.7 Å². The van der Waals surface area contributed by atoms with Crippen LogP contribution in [0.25, 0.3) is 11.2 Å². The average Bonchev–Trinajstić information content (AvgIpc) is 2.58. The van der Waals surface area contributed by atoms with Crippen LogP contribution >= 0.6 is 0 Å². The van der Waals surface area contributed by atoms with Crippen molar-refractivity contribution in [2.75, 3.05) is 0 Å². The van der Waals surface area contributed by atoms with E-state index in [0.29, 0.717) is 6.04 Å². The van der Waals surface area contributed by atoms with E-state index < -0.39 is 0 Å². The summed E-state index contributed by atoms with van der Waals surface area (Å²) in [4.78, 5) is 9.08. The predicted molar refractivity (Wildman–Crippen MR) is 66.6 cm³/mol. The van der Waals surface area contributed by atoms with Gasteiger partial charge in [0.05, 0.1) is 5.69 Å². The third kappa shape index (κ3) is 1.70. The second kappa shape index (κ2) is 4.24. The first kappa shape index (κ1) is 11.1. The smallest absolute Gasteiger partial charge is 0.159 e. The Morgan fingerprint density at radius 2 is 1.94 bits per heavy atom. The third-order valence-electron chi connectivity index (χ3n) is 3.16. The first-order chi connectivity index (χ1) is 7.67. The van der Waals surface area contributed by atoms with Crippen LogP contribution in [-0.2, 0) is 0 Å². The minimum atomic E-state index is 0.535. The van der Waals surface area contributed by atoms with Crippen LogP contribution in [-0.4, -0.2) is 14.5 Å². The van der Waals surface area contributed by atoms with Crippen LogP contribution in [0.3, 0.4) is 0 Å². The van der Waals surface area contributed by atoms with E-state index in [2.05, 4.69) is 41.5 Å². The van der Waals surface area contributed by atoms with Crippen molar-refractivity contribution in [1.29, 1.82) is 0 Å². The Bertz CT molecular complexity index is 495. The second-order valence-electron chi connectivity index (χ2n) is 4.37. The lowest BCUT2D eigenvalue weighted by Gasteiger charge is -2.15. The van der Waals surface area contributed by atoms with Crippen molar-refractivity contribution in [3.63, 3.8) is 0 Å². The third-order valence-corrected chi connectivity index (χ3v) is 3.16. The molecule has 86 valence electrons. The van der Waals surface area contributed by atoms with E-state index in [9.17, 15) is 0 Å². The molecule has 2 rings (SSSR count). The summed E-state index contributed by atoms with van der Waals surface area (Å²) in [5.41, 5.74) is 4.27. The number of rotatable bonds is 3. The zero-order valence-corrected chi connectivity index (χ0v) is 10.5. The van der Waals surface area contributed by atoms with Crippen LogP contribution in [0.5, 0.6) is 0 Å². The number of hydrogen-bond donors (Lipinski definition) is 0. The van der Waals surface area contributed by atoms with E-state index in [0.717, 1.165) is 29.7 Å². The van der Waals surface area contributed by atoms with E-state index in [1.807, 2.05) is 13.1 Å². The molecule has 0 bridgehead atoms. The monoisotopic (exact) mass is 217 g/mol. The lowest BCUT2D eigenvalue weighted by atomic mass is 10.2. The predicted octanol–water partition coefficient (Wildman–Crippen LogP) is 3.41. The maximum absolute atomic E-state index is 4.61. The van der Waals surface area contributed by atoms with Gasteiger partial charge in [-0.3, -0.25) is 4.98 Å². The average molecular weight is 217 g/mol. The highest BCUT2D eigenvalue weighted by Gasteiger charge is 2.13. The molecule has 2 aromatic heterocycles. The molecule has 0 aliphatic rings. The minimum absolute atomic E-state index is 0.535. The van der Waals surface area contributed by atoms with Gasteiger partial charge in [0.2, 0.25) is 0 Å². The first-order valence-corrected chi connectivity index (χ1v) is 5.98. The minimum Gasteiger partial charge on any atom is -0.328 e. The van der Waals surface area contributed by atoms with E-state index in [1.165, 1.54) is 5.56 Å². The Balaban J connectivity index is 2.65. The molecule has 0 aromatic carbocycles. The maximum Gasteiger partial charge on any atom is 0.159 e. The molecule has 0 unspecified atom stereocenters. The van der Waals surface area contributed by atoms with E-state index in [-0.39, 0.29) is 0 Å². The van der Waals surface area contributed by atoms with Gasteiger partial charge in [-0.05, 0) is 32.3 Å². The van der Waals surface area contributed by atoms with Crippen molar-refractivity contribution in [1.82, 2.24) is 14.5 Å². The molecule has 3 nitrogen and oxygen atoms in total. The van der Waals surface area contributed by atoms with Crippen LogP contribution in [0, 0.1) is 13.8 Å². The summed E-state index contributed by atoms with van der Waals surface area (Å²) in [7, 11) is 0. The summed E-state index contributed by atoms with van der Waals surface area (Å²) >= 11 is 0. The lowest BCUT2D eigenvalue weighted by Crippen LogP contribution is -2.06. The van der Waals surface area contributed by atoms with Gasteiger partial charge in [0.25, 0.3) is 0 Å². The molecular formula is C13H19N3. The SMILES string of the molecule is CCC(CC)n1cc(C)c2ncc(C)nc21. The van der Waals surface area contributed by atoms with Gasteiger partial charge >= 0.3 is 0 Å². The summed E-state index contributed by atoms with van der Waals surface area (Å²) in [6.07, 6.45) is 6.29. The molecule has 0 amide bonds. The van der Waals surface area contributed by atoms with Crippen LogP contribution < -0.4 is 0 Å². The second-order valence-corrected chi connectivity index (χ2v) is 4.37. The summed E-state index contributed by atoms with van der Waals surface area (Å²) < 4.78 is 2.28. The molecule has 0 atom stereocenters. The summed E-state index contributed by atoms with van der Waals surface area (Å²) in [6.45, 7) is 8.54. The van der Waals surface area contributed by atoms with Crippen LogP contribution in [0.15, 0.2) is 12.4 Å². The van der Waals surface area contributed by atoms with Gasteiger partial charge in [-0.15, -0.1) is 0 Å². The maximum atomic E-state index is 4.61. The molecular weight excluding hydrogens is 198 g/mol. The van der Waals surface area contributed by atoms with Gasteiger partial charge in [0.15, 0.2) is 5.65 Å². The fourth-order valence-corrected chi connectivity index (χ4v) is 2.21. The molecule has 2 heterocycles. The Morgan fingerprint density at radius 3 is 2.56 bits per heavy atom. The van der Waals surface area contributed by atoms with Gasteiger partial charge in [0.1, 0.15) is 5.52 Å². The molecule has 0 spiro atoms. The van der Waals surface area contributed by atoms with Gasteiger partial charge in [-0.25, -0.2) is 4.98 Å². The summed E-state index contributed by atoms with van der Waals surface area (Å²) in [5.74, 6) is 0. The molecule has 0 radical (unpaired) electrons. The van der Waals surface area contributed by atoms with E-state index >= 15 is 0 Å². The molecule has 16 heavy (non-hydrogen) atoms. The number of aryl methyl sites for hydroxylation is 2. The number of aromatic nitrogens is 3. The Hall–Kier alpha value is -1.38. The number of nitrogens with zero attached hydrogens (tertiary/aromatic N) is 3. The summed E-state index contributed by atoms with van der Waals surface area (Å²) in [5, 5.41) is 0. The standard InChI is InChI=1S/C13H19N3/c1-5-11(6-2)16-8-9(3)12-13(16)15-10(4)7-14-12/h7-8,11H,5-6H2,1-4H3. The van der Waals surface area contributed by atoms with Crippen molar-refractivity contribution >= 4 is 11.2 Å².